The van der Waals surface area contributed by atoms with Gasteiger partial charge in [-0.15, -0.1) is 0 Å². The zero-order valence-corrected chi connectivity index (χ0v) is 12.3. The number of aromatic nitrogens is 2. The monoisotopic (exact) mass is 284 g/mol. The standard InChI is InChI=1S/C12H20N4O2S/c1-9(2)12(4-5-12)8-16-19(17,18)10-6-14-11(13-3)15-7-10/h6-7,9,16H,4-5,8H2,1-3H3,(H,13,14,15). The predicted molar refractivity (Wildman–Crippen MR) is 73.3 cm³/mol. The summed E-state index contributed by atoms with van der Waals surface area (Å²) in [5, 5.41) is 2.75. The van der Waals surface area contributed by atoms with Crippen molar-refractivity contribution in [2.75, 3.05) is 18.9 Å². The van der Waals surface area contributed by atoms with E-state index in [2.05, 4.69) is 33.9 Å². The number of rotatable bonds is 6. The van der Waals surface area contributed by atoms with Crippen LogP contribution in [0.4, 0.5) is 5.95 Å². The molecule has 7 heteroatoms. The number of sulfonamides is 1. The lowest BCUT2D eigenvalue weighted by molar-refractivity contribution is 0.357. The van der Waals surface area contributed by atoms with Gasteiger partial charge in [-0.3, -0.25) is 0 Å². The highest BCUT2D eigenvalue weighted by Gasteiger charge is 2.45. The number of nitrogens with one attached hydrogen (secondary N) is 2. The lowest BCUT2D eigenvalue weighted by Crippen LogP contribution is -2.32. The molecule has 0 spiro atoms. The van der Waals surface area contributed by atoms with E-state index in [4.69, 9.17) is 0 Å². The second-order valence-corrected chi connectivity index (χ2v) is 7.10. The first-order valence-electron chi connectivity index (χ1n) is 6.39. The van der Waals surface area contributed by atoms with Crippen molar-refractivity contribution in [2.45, 2.75) is 31.6 Å². The molecule has 106 valence electrons. The quantitative estimate of drug-likeness (QED) is 0.821. The summed E-state index contributed by atoms with van der Waals surface area (Å²) < 4.78 is 26.9. The van der Waals surface area contributed by atoms with Gasteiger partial charge in [0.2, 0.25) is 16.0 Å². The predicted octanol–water partition coefficient (Wildman–Crippen LogP) is 1.23. The molecular weight excluding hydrogens is 264 g/mol. The van der Waals surface area contributed by atoms with E-state index in [9.17, 15) is 8.42 Å². The minimum absolute atomic E-state index is 0.103. The summed E-state index contributed by atoms with van der Waals surface area (Å²) in [5.74, 6) is 0.887. The van der Waals surface area contributed by atoms with Crippen LogP contribution in [-0.4, -0.2) is 32.0 Å². The molecule has 2 N–H and O–H groups in total. The molecule has 19 heavy (non-hydrogen) atoms. The van der Waals surface area contributed by atoms with Crippen molar-refractivity contribution in [3.05, 3.63) is 12.4 Å². The Hall–Kier alpha value is -1.21. The Bertz CT molecular complexity index is 535. The Morgan fingerprint density at radius 1 is 1.32 bits per heavy atom. The average Bonchev–Trinajstić information content (AvgIpc) is 3.18. The van der Waals surface area contributed by atoms with Crippen LogP contribution >= 0.6 is 0 Å². The third-order valence-corrected chi connectivity index (χ3v) is 5.25. The second-order valence-electron chi connectivity index (χ2n) is 5.33. The topological polar surface area (TPSA) is 84.0 Å². The van der Waals surface area contributed by atoms with Crippen molar-refractivity contribution in [3.63, 3.8) is 0 Å². The minimum Gasteiger partial charge on any atom is -0.357 e. The maximum Gasteiger partial charge on any atom is 0.243 e. The highest BCUT2D eigenvalue weighted by atomic mass is 32.2. The molecular formula is C12H20N4O2S. The third kappa shape index (κ3) is 3.03. The van der Waals surface area contributed by atoms with E-state index >= 15 is 0 Å². The normalized spacial score (nSPS) is 17.5. The third-order valence-electron chi connectivity index (χ3n) is 3.89. The maximum atomic E-state index is 12.1. The van der Waals surface area contributed by atoms with Crippen molar-refractivity contribution in [1.82, 2.24) is 14.7 Å². The largest absolute Gasteiger partial charge is 0.357 e. The van der Waals surface area contributed by atoms with Crippen LogP contribution in [0.25, 0.3) is 0 Å². The molecule has 0 aliphatic heterocycles. The lowest BCUT2D eigenvalue weighted by Gasteiger charge is -2.19. The second kappa shape index (κ2) is 5.05. The molecule has 1 aliphatic carbocycles. The van der Waals surface area contributed by atoms with E-state index in [1.807, 2.05) is 0 Å². The first kappa shape index (κ1) is 14.2. The molecule has 1 aromatic rings. The Morgan fingerprint density at radius 3 is 2.32 bits per heavy atom. The Morgan fingerprint density at radius 2 is 1.89 bits per heavy atom. The zero-order chi connectivity index (χ0) is 14.1. The smallest absolute Gasteiger partial charge is 0.243 e. The van der Waals surface area contributed by atoms with Gasteiger partial charge in [0.15, 0.2) is 0 Å². The fraction of sp³-hybridized carbons (Fsp3) is 0.667. The van der Waals surface area contributed by atoms with E-state index in [1.54, 1.807) is 7.05 Å². The summed E-state index contributed by atoms with van der Waals surface area (Å²) in [5.41, 5.74) is 0.138. The molecule has 0 atom stereocenters. The van der Waals surface area contributed by atoms with Crippen molar-refractivity contribution in [1.29, 1.82) is 0 Å². The Balaban J connectivity index is 2.06. The molecule has 0 radical (unpaired) electrons. The van der Waals surface area contributed by atoms with Crippen LogP contribution in [0.3, 0.4) is 0 Å². The minimum atomic E-state index is -3.51. The van der Waals surface area contributed by atoms with Crippen molar-refractivity contribution in [3.8, 4) is 0 Å². The zero-order valence-electron chi connectivity index (χ0n) is 11.5. The Kier molecular flexibility index (Phi) is 3.78. The first-order valence-corrected chi connectivity index (χ1v) is 7.87. The van der Waals surface area contributed by atoms with Crippen LogP contribution in [0, 0.1) is 11.3 Å². The summed E-state index contributed by atoms with van der Waals surface area (Å²) in [6.07, 6.45) is 4.80. The summed E-state index contributed by atoms with van der Waals surface area (Å²) in [6, 6.07) is 0. The van der Waals surface area contributed by atoms with Gasteiger partial charge >= 0.3 is 0 Å². The van der Waals surface area contributed by atoms with Crippen LogP contribution in [0.15, 0.2) is 17.3 Å². The van der Waals surface area contributed by atoms with Crippen molar-refractivity contribution >= 4 is 16.0 Å². The molecule has 1 aromatic heterocycles. The van der Waals surface area contributed by atoms with E-state index in [0.29, 0.717) is 18.4 Å². The summed E-state index contributed by atoms with van der Waals surface area (Å²) in [4.78, 5) is 7.94. The molecule has 1 heterocycles. The van der Waals surface area contributed by atoms with Crippen molar-refractivity contribution < 1.29 is 8.42 Å². The molecule has 0 unspecified atom stereocenters. The van der Waals surface area contributed by atoms with Gasteiger partial charge in [-0.2, -0.15) is 0 Å². The number of hydrogen-bond donors (Lipinski definition) is 2. The maximum absolute atomic E-state index is 12.1. The van der Waals surface area contributed by atoms with Gasteiger partial charge in [0, 0.05) is 13.6 Å². The fourth-order valence-corrected chi connectivity index (χ4v) is 3.05. The van der Waals surface area contributed by atoms with Gasteiger partial charge in [-0.05, 0) is 24.2 Å². The van der Waals surface area contributed by atoms with Gasteiger partial charge in [-0.25, -0.2) is 23.1 Å². The number of nitrogens with zero attached hydrogens (tertiary/aromatic N) is 2. The van der Waals surface area contributed by atoms with Crippen LogP contribution in [0.5, 0.6) is 0 Å². The average molecular weight is 284 g/mol. The SMILES string of the molecule is CNc1ncc(S(=O)(=O)NCC2(C(C)C)CC2)cn1. The molecule has 0 aromatic carbocycles. The summed E-state index contributed by atoms with van der Waals surface area (Å²) in [6.45, 7) is 4.75. The van der Waals surface area contributed by atoms with E-state index in [-0.39, 0.29) is 10.3 Å². The number of anilines is 1. The van der Waals surface area contributed by atoms with Crippen LogP contribution in [0.1, 0.15) is 26.7 Å². The first-order chi connectivity index (χ1) is 8.89. The molecule has 1 saturated carbocycles. The fourth-order valence-electron chi connectivity index (χ4n) is 2.02. The van der Waals surface area contributed by atoms with E-state index in [0.717, 1.165) is 12.8 Å². The summed E-state index contributed by atoms with van der Waals surface area (Å²) in [7, 11) is -1.83. The van der Waals surface area contributed by atoms with Crippen molar-refractivity contribution in [2.24, 2.45) is 11.3 Å². The van der Waals surface area contributed by atoms with Crippen LogP contribution in [0.2, 0.25) is 0 Å². The molecule has 1 fully saturated rings. The van der Waals surface area contributed by atoms with Gasteiger partial charge in [-0.1, -0.05) is 13.8 Å². The molecule has 0 amide bonds. The highest BCUT2D eigenvalue weighted by Crippen LogP contribution is 2.51. The summed E-state index contributed by atoms with van der Waals surface area (Å²) >= 11 is 0. The molecule has 2 rings (SSSR count). The molecule has 0 bridgehead atoms. The van der Waals surface area contributed by atoms with Gasteiger partial charge in [0.25, 0.3) is 0 Å². The van der Waals surface area contributed by atoms with Gasteiger partial charge in [0.1, 0.15) is 4.90 Å². The van der Waals surface area contributed by atoms with Crippen LogP contribution in [-0.2, 0) is 10.0 Å². The van der Waals surface area contributed by atoms with Gasteiger partial charge < -0.3 is 5.32 Å². The Labute approximate surface area is 114 Å². The van der Waals surface area contributed by atoms with Gasteiger partial charge in [0.05, 0.1) is 12.4 Å². The van der Waals surface area contributed by atoms with E-state index < -0.39 is 10.0 Å². The van der Waals surface area contributed by atoms with Crippen LogP contribution < -0.4 is 10.0 Å². The molecule has 6 nitrogen and oxygen atoms in total. The number of hydrogen-bond acceptors (Lipinski definition) is 5. The van der Waals surface area contributed by atoms with E-state index in [1.165, 1.54) is 12.4 Å². The highest BCUT2D eigenvalue weighted by molar-refractivity contribution is 7.89. The molecule has 0 saturated heterocycles. The molecule has 1 aliphatic rings. The lowest BCUT2D eigenvalue weighted by atomic mass is 9.93.